The zero-order valence-electron chi connectivity index (χ0n) is 10.4. The average molecular weight is 280 g/mol. The van der Waals surface area contributed by atoms with E-state index in [-0.39, 0.29) is 0 Å². The second-order valence-electron chi connectivity index (χ2n) is 4.22. The molecule has 4 nitrogen and oxygen atoms in total. The molecule has 1 aromatic heterocycles. The summed E-state index contributed by atoms with van der Waals surface area (Å²) in [5, 5.41) is 12.3. The number of carboxylic acid groups (broad SMARTS) is 1. The van der Waals surface area contributed by atoms with Crippen molar-refractivity contribution < 1.29 is 14.3 Å². The molecule has 0 fully saturated rings. The molecule has 1 aromatic carbocycles. The SMILES string of the molecule is C[C@H](NCc1ccc(-c2cccc(Cl)c2)o1)C(=O)O. The molecular formula is C14H14ClNO3. The summed E-state index contributed by atoms with van der Waals surface area (Å²) in [5.41, 5.74) is 0.894. The van der Waals surface area contributed by atoms with E-state index >= 15 is 0 Å². The predicted molar refractivity (Wildman–Crippen MR) is 73.1 cm³/mol. The summed E-state index contributed by atoms with van der Waals surface area (Å²) in [6.07, 6.45) is 0. The molecule has 0 saturated carbocycles. The minimum atomic E-state index is -0.887. The quantitative estimate of drug-likeness (QED) is 0.882. The van der Waals surface area contributed by atoms with Crippen molar-refractivity contribution >= 4 is 17.6 Å². The lowest BCUT2D eigenvalue weighted by Gasteiger charge is -2.06. The molecule has 0 amide bonds. The Hall–Kier alpha value is -1.78. The second kappa shape index (κ2) is 5.91. The van der Waals surface area contributed by atoms with E-state index in [9.17, 15) is 4.79 Å². The van der Waals surface area contributed by atoms with Crippen LogP contribution in [-0.2, 0) is 11.3 Å². The van der Waals surface area contributed by atoms with E-state index in [1.54, 1.807) is 13.0 Å². The summed E-state index contributed by atoms with van der Waals surface area (Å²) in [7, 11) is 0. The summed E-state index contributed by atoms with van der Waals surface area (Å²) in [6.45, 7) is 1.96. The molecule has 2 rings (SSSR count). The molecule has 0 aliphatic carbocycles. The highest BCUT2D eigenvalue weighted by molar-refractivity contribution is 6.30. The molecule has 0 saturated heterocycles. The van der Waals surface area contributed by atoms with Crippen LogP contribution in [0, 0.1) is 0 Å². The molecule has 2 N–H and O–H groups in total. The highest BCUT2D eigenvalue weighted by Crippen LogP contribution is 2.24. The maximum Gasteiger partial charge on any atom is 0.320 e. The molecular weight excluding hydrogens is 266 g/mol. The Balaban J connectivity index is 2.05. The van der Waals surface area contributed by atoms with Gasteiger partial charge in [-0.2, -0.15) is 0 Å². The van der Waals surface area contributed by atoms with Crippen LogP contribution in [0.15, 0.2) is 40.8 Å². The Morgan fingerprint density at radius 1 is 1.42 bits per heavy atom. The zero-order chi connectivity index (χ0) is 13.8. The number of furan rings is 1. The fraction of sp³-hybridized carbons (Fsp3) is 0.214. The van der Waals surface area contributed by atoms with Gasteiger partial charge in [-0.15, -0.1) is 0 Å². The van der Waals surface area contributed by atoms with E-state index in [0.717, 1.165) is 5.56 Å². The summed E-state index contributed by atoms with van der Waals surface area (Å²) in [4.78, 5) is 10.7. The van der Waals surface area contributed by atoms with Gasteiger partial charge >= 0.3 is 5.97 Å². The topological polar surface area (TPSA) is 62.5 Å². The first-order valence-corrected chi connectivity index (χ1v) is 6.25. The lowest BCUT2D eigenvalue weighted by atomic mass is 10.2. The maximum absolute atomic E-state index is 10.7. The minimum absolute atomic E-state index is 0.369. The fourth-order valence-corrected chi connectivity index (χ4v) is 1.80. The van der Waals surface area contributed by atoms with Gasteiger partial charge in [0.1, 0.15) is 17.6 Å². The summed E-state index contributed by atoms with van der Waals surface area (Å²) in [5.74, 6) is 0.506. The van der Waals surface area contributed by atoms with E-state index in [1.807, 2.05) is 30.3 Å². The van der Waals surface area contributed by atoms with Crippen LogP contribution in [0.5, 0.6) is 0 Å². The first-order chi connectivity index (χ1) is 9.06. The van der Waals surface area contributed by atoms with Crippen molar-refractivity contribution in [1.29, 1.82) is 0 Å². The van der Waals surface area contributed by atoms with Crippen molar-refractivity contribution in [2.45, 2.75) is 19.5 Å². The van der Waals surface area contributed by atoms with Crippen molar-refractivity contribution in [2.24, 2.45) is 0 Å². The molecule has 0 bridgehead atoms. The van der Waals surface area contributed by atoms with E-state index in [2.05, 4.69) is 5.32 Å². The van der Waals surface area contributed by atoms with Crippen molar-refractivity contribution in [3.63, 3.8) is 0 Å². The molecule has 0 aliphatic heterocycles. The predicted octanol–water partition coefficient (Wildman–Crippen LogP) is 3.16. The average Bonchev–Trinajstić information content (AvgIpc) is 2.84. The first-order valence-electron chi connectivity index (χ1n) is 5.87. The molecule has 0 aliphatic rings. The van der Waals surface area contributed by atoms with Gasteiger partial charge in [-0.3, -0.25) is 10.1 Å². The summed E-state index contributed by atoms with van der Waals surface area (Å²) < 4.78 is 5.64. The van der Waals surface area contributed by atoms with Gasteiger partial charge in [0.05, 0.1) is 6.54 Å². The third-order valence-electron chi connectivity index (χ3n) is 2.72. The smallest absolute Gasteiger partial charge is 0.320 e. The molecule has 1 heterocycles. The van der Waals surface area contributed by atoms with Gasteiger partial charge < -0.3 is 9.52 Å². The van der Waals surface area contributed by atoms with Crippen LogP contribution >= 0.6 is 11.6 Å². The third-order valence-corrected chi connectivity index (χ3v) is 2.96. The van der Waals surface area contributed by atoms with Crippen molar-refractivity contribution in [3.05, 3.63) is 47.2 Å². The van der Waals surface area contributed by atoms with E-state index in [1.165, 1.54) is 0 Å². The molecule has 0 spiro atoms. The third kappa shape index (κ3) is 3.59. The molecule has 0 unspecified atom stereocenters. The number of carboxylic acids is 1. The van der Waals surface area contributed by atoms with Crippen molar-refractivity contribution in [3.8, 4) is 11.3 Å². The number of aliphatic carboxylic acids is 1. The first kappa shape index (κ1) is 13.6. The maximum atomic E-state index is 10.7. The highest BCUT2D eigenvalue weighted by Gasteiger charge is 2.11. The largest absolute Gasteiger partial charge is 0.480 e. The van der Waals surface area contributed by atoms with Gasteiger partial charge in [-0.25, -0.2) is 0 Å². The lowest BCUT2D eigenvalue weighted by molar-refractivity contribution is -0.139. The lowest BCUT2D eigenvalue weighted by Crippen LogP contribution is -2.32. The van der Waals surface area contributed by atoms with Gasteiger partial charge in [0, 0.05) is 10.6 Å². The van der Waals surface area contributed by atoms with Crippen LogP contribution in [-0.4, -0.2) is 17.1 Å². The van der Waals surface area contributed by atoms with Crippen LogP contribution in [0.4, 0.5) is 0 Å². The van der Waals surface area contributed by atoms with Crippen molar-refractivity contribution in [2.75, 3.05) is 0 Å². The minimum Gasteiger partial charge on any atom is -0.480 e. The van der Waals surface area contributed by atoms with Gasteiger partial charge in [0.25, 0.3) is 0 Å². The van der Waals surface area contributed by atoms with Gasteiger partial charge in [-0.1, -0.05) is 23.7 Å². The van der Waals surface area contributed by atoms with E-state index in [4.69, 9.17) is 21.1 Å². The number of carbonyl (C=O) groups is 1. The molecule has 2 aromatic rings. The Morgan fingerprint density at radius 2 is 2.21 bits per heavy atom. The number of benzene rings is 1. The van der Waals surface area contributed by atoms with E-state index in [0.29, 0.717) is 23.1 Å². The second-order valence-corrected chi connectivity index (χ2v) is 4.65. The molecule has 5 heteroatoms. The zero-order valence-corrected chi connectivity index (χ0v) is 11.1. The fourth-order valence-electron chi connectivity index (χ4n) is 1.61. The summed E-state index contributed by atoms with van der Waals surface area (Å²) >= 11 is 5.92. The van der Waals surface area contributed by atoms with Crippen LogP contribution in [0.25, 0.3) is 11.3 Å². The number of rotatable bonds is 5. The molecule has 19 heavy (non-hydrogen) atoms. The van der Waals surface area contributed by atoms with E-state index < -0.39 is 12.0 Å². The van der Waals surface area contributed by atoms with Crippen LogP contribution in [0.1, 0.15) is 12.7 Å². The number of hydrogen-bond donors (Lipinski definition) is 2. The number of nitrogens with one attached hydrogen (secondary N) is 1. The monoisotopic (exact) mass is 279 g/mol. The highest BCUT2D eigenvalue weighted by atomic mass is 35.5. The Bertz CT molecular complexity index is 580. The summed E-state index contributed by atoms with van der Waals surface area (Å²) in [6, 6.07) is 10.4. The van der Waals surface area contributed by atoms with Gasteiger partial charge in [-0.05, 0) is 31.2 Å². The number of halogens is 1. The van der Waals surface area contributed by atoms with Crippen LogP contribution < -0.4 is 5.32 Å². The Morgan fingerprint density at radius 3 is 2.89 bits per heavy atom. The van der Waals surface area contributed by atoms with Crippen molar-refractivity contribution in [1.82, 2.24) is 5.32 Å². The molecule has 100 valence electrons. The van der Waals surface area contributed by atoms with Crippen LogP contribution in [0.3, 0.4) is 0 Å². The Kier molecular flexibility index (Phi) is 4.24. The van der Waals surface area contributed by atoms with Gasteiger partial charge in [0.15, 0.2) is 0 Å². The Labute approximate surface area is 116 Å². The van der Waals surface area contributed by atoms with Crippen LogP contribution in [0.2, 0.25) is 5.02 Å². The molecule has 1 atom stereocenters. The normalized spacial score (nSPS) is 12.3. The van der Waals surface area contributed by atoms with Gasteiger partial charge in [0.2, 0.25) is 0 Å². The number of hydrogen-bond acceptors (Lipinski definition) is 3. The molecule has 0 radical (unpaired) electrons. The standard InChI is InChI=1S/C14H14ClNO3/c1-9(14(17)18)16-8-12-5-6-13(19-12)10-3-2-4-11(15)7-10/h2-7,9,16H,8H2,1H3,(H,17,18)/t9-/m0/s1.